The van der Waals surface area contributed by atoms with Crippen LogP contribution in [0.1, 0.15) is 0 Å². The van der Waals surface area contributed by atoms with Gasteiger partial charge in [0.1, 0.15) is 8.07 Å². The van der Waals surface area contributed by atoms with E-state index in [2.05, 4.69) is 335 Å². The Hall–Kier alpha value is -10.5. The molecular weight excluding hydrogens is 1020 g/mol. The highest BCUT2D eigenvalue weighted by Crippen LogP contribution is 2.46. The molecule has 0 unspecified atom stereocenters. The summed E-state index contributed by atoms with van der Waals surface area (Å²) in [6.45, 7) is 5.09. The fourth-order valence-electron chi connectivity index (χ4n) is 13.6. The molecule has 4 nitrogen and oxygen atoms in total. The Bertz CT molecular complexity index is 4890. The van der Waals surface area contributed by atoms with E-state index >= 15 is 0 Å². The number of fused-ring (bicyclic) bond motifs is 10. The second kappa shape index (κ2) is 19.4. The lowest BCUT2D eigenvalue weighted by atomic mass is 10.0. The molecule has 0 aliphatic carbocycles. The van der Waals surface area contributed by atoms with Gasteiger partial charge in [0.25, 0.3) is 0 Å². The first kappa shape index (κ1) is 48.4. The molecule has 0 aliphatic rings. The zero-order valence-corrected chi connectivity index (χ0v) is 47.2. The van der Waals surface area contributed by atoms with E-state index in [1.165, 1.54) is 97.1 Å². The molecule has 0 fully saturated rings. The Morgan fingerprint density at radius 1 is 0.241 bits per heavy atom. The zero-order chi connectivity index (χ0) is 55.2. The van der Waals surface area contributed by atoms with Crippen LogP contribution in [0.4, 0.5) is 34.1 Å². The number of nitrogens with zero attached hydrogens (tertiary/aromatic N) is 4. The van der Waals surface area contributed by atoms with Gasteiger partial charge in [0.05, 0.1) is 33.4 Å². The van der Waals surface area contributed by atoms with E-state index in [0.717, 1.165) is 45.5 Å². The molecule has 0 radical (unpaired) electrons. The van der Waals surface area contributed by atoms with Crippen LogP contribution in [0.25, 0.3) is 98.1 Å². The predicted molar refractivity (Wildman–Crippen MR) is 358 cm³/mol. The Morgan fingerprint density at radius 2 is 0.566 bits per heavy atom. The van der Waals surface area contributed by atoms with Crippen LogP contribution in [-0.4, -0.2) is 17.2 Å². The van der Waals surface area contributed by atoms with Crippen molar-refractivity contribution < 1.29 is 0 Å². The fourth-order valence-corrected chi connectivity index (χ4v) is 16.7. The van der Waals surface area contributed by atoms with E-state index in [1.54, 1.807) is 0 Å². The average molecular weight is 1080 g/mol. The Balaban J connectivity index is 0.863. The minimum atomic E-state index is -2.52. The number of rotatable bonds is 10. The molecule has 0 saturated heterocycles. The summed E-state index contributed by atoms with van der Waals surface area (Å²) in [6, 6.07) is 112. The number of anilines is 6. The molecule has 14 aromatic carbocycles. The normalized spacial score (nSPS) is 12.0. The summed E-state index contributed by atoms with van der Waals surface area (Å²) in [5.41, 5.74) is 13.8. The molecule has 0 amide bonds. The van der Waals surface area contributed by atoms with Crippen molar-refractivity contribution in [2.75, 3.05) is 9.80 Å². The van der Waals surface area contributed by atoms with Gasteiger partial charge < -0.3 is 18.9 Å². The van der Waals surface area contributed by atoms with Crippen LogP contribution in [0.3, 0.4) is 0 Å². The van der Waals surface area contributed by atoms with E-state index < -0.39 is 8.07 Å². The molecule has 16 aromatic rings. The maximum Gasteiger partial charge on any atom is 0.113 e. The van der Waals surface area contributed by atoms with Gasteiger partial charge in [-0.3, -0.25) is 0 Å². The minimum absolute atomic E-state index is 1.11. The summed E-state index contributed by atoms with van der Waals surface area (Å²) in [7, 11) is -2.52. The van der Waals surface area contributed by atoms with Gasteiger partial charge in [0.15, 0.2) is 0 Å². The third kappa shape index (κ3) is 7.88. The van der Waals surface area contributed by atoms with Crippen LogP contribution in [0.2, 0.25) is 13.1 Å². The first-order valence-electron chi connectivity index (χ1n) is 28.7. The molecular formula is C78H56N4Si. The predicted octanol–water partition coefficient (Wildman–Crippen LogP) is 20.3. The summed E-state index contributed by atoms with van der Waals surface area (Å²) < 4.78 is 4.79. The maximum absolute atomic E-state index is 2.55. The van der Waals surface area contributed by atoms with Gasteiger partial charge >= 0.3 is 0 Å². The van der Waals surface area contributed by atoms with E-state index in [9.17, 15) is 0 Å². The van der Waals surface area contributed by atoms with Gasteiger partial charge in [-0.2, -0.15) is 0 Å². The molecule has 0 N–H and O–H groups in total. The smallest absolute Gasteiger partial charge is 0.113 e. The lowest BCUT2D eigenvalue weighted by Crippen LogP contribution is -2.53. The highest BCUT2D eigenvalue weighted by atomic mass is 28.3. The number of hydrogen-bond acceptors (Lipinski definition) is 2. The largest absolute Gasteiger partial charge is 0.310 e. The molecule has 16 rings (SSSR count). The monoisotopic (exact) mass is 1080 g/mol. The van der Waals surface area contributed by atoms with Gasteiger partial charge in [-0.25, -0.2) is 0 Å². The standard InChI is InChI=1S/C78H56N4Si/c1-83(2,77-47-45-73(63-29-13-15-33-67(63)77)79(59-39-37-53-21-9-11-23-55(53)49-59)61-41-43-75-69(51-61)65-31-17-19-35-71(65)81(75)57-25-5-3-6-26-57)78-48-46-74(64-30-14-16-34-68(64)78)80(60-40-38-54-22-10-12-24-56(54)50-60)62-42-44-76-70(52-62)66-32-18-20-36-72(66)82(76)58-27-7-4-8-28-58/h3-52H,1-2H3. The van der Waals surface area contributed by atoms with Crippen LogP contribution < -0.4 is 20.2 Å². The fraction of sp³-hybridized carbons (Fsp3) is 0.0256. The molecule has 0 spiro atoms. The summed E-state index contributed by atoms with van der Waals surface area (Å²) in [4.78, 5) is 4.98. The molecule has 2 heterocycles. The summed E-state index contributed by atoms with van der Waals surface area (Å²) in [5.74, 6) is 0. The quantitative estimate of drug-likeness (QED) is 0.127. The highest BCUT2D eigenvalue weighted by molar-refractivity contribution is 7.03. The third-order valence-corrected chi connectivity index (χ3v) is 21.0. The van der Waals surface area contributed by atoms with Crippen molar-refractivity contribution >= 4 is 139 Å². The topological polar surface area (TPSA) is 16.3 Å². The van der Waals surface area contributed by atoms with E-state index in [-0.39, 0.29) is 0 Å². The van der Waals surface area contributed by atoms with Gasteiger partial charge in [-0.1, -0.05) is 207 Å². The van der Waals surface area contributed by atoms with E-state index in [0.29, 0.717) is 0 Å². The summed E-state index contributed by atoms with van der Waals surface area (Å²) >= 11 is 0. The summed E-state index contributed by atoms with van der Waals surface area (Å²) in [6.07, 6.45) is 0. The van der Waals surface area contributed by atoms with Crippen LogP contribution in [0.15, 0.2) is 303 Å². The van der Waals surface area contributed by atoms with Crippen molar-refractivity contribution in [2.24, 2.45) is 0 Å². The van der Waals surface area contributed by atoms with Gasteiger partial charge in [0.2, 0.25) is 0 Å². The first-order chi connectivity index (χ1) is 40.9. The molecule has 0 bridgehead atoms. The first-order valence-corrected chi connectivity index (χ1v) is 31.7. The maximum atomic E-state index is 2.55. The Morgan fingerprint density at radius 3 is 1.00 bits per heavy atom. The van der Waals surface area contributed by atoms with Gasteiger partial charge in [-0.15, -0.1) is 0 Å². The second-order valence-corrected chi connectivity index (χ2v) is 26.8. The molecule has 0 atom stereocenters. The summed E-state index contributed by atoms with van der Waals surface area (Å²) in [5, 5.41) is 17.5. The molecule has 0 saturated carbocycles. The highest BCUT2D eigenvalue weighted by Gasteiger charge is 2.32. The van der Waals surface area contributed by atoms with Crippen LogP contribution in [0, 0.1) is 0 Å². The Labute approximate surface area is 483 Å². The number of aromatic nitrogens is 2. The second-order valence-electron chi connectivity index (χ2n) is 22.5. The number of para-hydroxylation sites is 4. The van der Waals surface area contributed by atoms with Gasteiger partial charge in [0, 0.05) is 66.4 Å². The van der Waals surface area contributed by atoms with Crippen LogP contribution >= 0.6 is 0 Å². The number of hydrogen-bond donors (Lipinski definition) is 0. The van der Waals surface area contributed by atoms with Crippen molar-refractivity contribution in [1.82, 2.24) is 9.13 Å². The molecule has 392 valence electrons. The average Bonchev–Trinajstić information content (AvgIpc) is 2.88. The number of benzene rings is 14. The van der Waals surface area contributed by atoms with Crippen molar-refractivity contribution in [3.05, 3.63) is 303 Å². The molecule has 0 aliphatic heterocycles. The SMILES string of the molecule is C[Si](C)(c1ccc(N(c2ccc3ccccc3c2)c2ccc3c(c2)c2ccccc2n3-c2ccccc2)c2ccccc12)c1ccc(N(c2ccc3ccccc3c2)c2ccc3c(c2)c2ccccc2n3-c2ccccc2)c2ccccc12. The van der Waals surface area contributed by atoms with Crippen LogP contribution in [0.5, 0.6) is 0 Å². The van der Waals surface area contributed by atoms with Crippen molar-refractivity contribution in [3.63, 3.8) is 0 Å². The molecule has 2 aromatic heterocycles. The van der Waals surface area contributed by atoms with Crippen molar-refractivity contribution in [3.8, 4) is 11.4 Å². The van der Waals surface area contributed by atoms with Crippen LogP contribution in [-0.2, 0) is 0 Å². The minimum Gasteiger partial charge on any atom is -0.310 e. The molecule has 5 heteroatoms. The zero-order valence-electron chi connectivity index (χ0n) is 46.2. The molecule has 83 heavy (non-hydrogen) atoms. The van der Waals surface area contributed by atoms with Crippen molar-refractivity contribution in [1.29, 1.82) is 0 Å². The Kier molecular flexibility index (Phi) is 11.3. The lowest BCUT2D eigenvalue weighted by molar-refractivity contribution is 1.18. The van der Waals surface area contributed by atoms with Crippen molar-refractivity contribution in [2.45, 2.75) is 13.1 Å². The third-order valence-electron chi connectivity index (χ3n) is 17.5. The van der Waals surface area contributed by atoms with Gasteiger partial charge in [-0.05, 0) is 152 Å². The van der Waals surface area contributed by atoms with E-state index in [4.69, 9.17) is 0 Å². The van der Waals surface area contributed by atoms with E-state index in [1.807, 2.05) is 0 Å². The lowest BCUT2D eigenvalue weighted by Gasteiger charge is -2.32.